The number of hydrogen-bond donors (Lipinski definition) is 1. The maximum atomic E-state index is 3.63. The van der Waals surface area contributed by atoms with Crippen LogP contribution in [0.15, 0.2) is 28.7 Å². The van der Waals surface area contributed by atoms with E-state index in [1.54, 1.807) is 0 Å². The molecular weight excluding hydrogens is 238 g/mol. The van der Waals surface area contributed by atoms with Crippen LogP contribution in [0.25, 0.3) is 0 Å². The molecule has 0 bridgehead atoms. The average Bonchev–Trinajstić information content (AvgIpc) is 2.67. The predicted molar refractivity (Wildman–Crippen MR) is 63.6 cm³/mol. The molecule has 1 nitrogen and oxygen atoms in total. The molecule has 0 radical (unpaired) electrons. The SMILES string of the molecule is CNC1CCC(c2ccccc2Br)C1. The normalized spacial score (nSPS) is 26.7. The molecule has 2 heteroatoms. The van der Waals surface area contributed by atoms with E-state index in [9.17, 15) is 0 Å². The van der Waals surface area contributed by atoms with Gasteiger partial charge in [0, 0.05) is 10.5 Å². The summed E-state index contributed by atoms with van der Waals surface area (Å²) >= 11 is 3.63. The third-order valence-electron chi connectivity index (χ3n) is 3.19. The van der Waals surface area contributed by atoms with E-state index in [1.807, 2.05) is 0 Å². The summed E-state index contributed by atoms with van der Waals surface area (Å²) in [6.07, 6.45) is 3.90. The van der Waals surface area contributed by atoms with E-state index in [1.165, 1.54) is 29.3 Å². The molecule has 14 heavy (non-hydrogen) atoms. The Hall–Kier alpha value is -0.340. The highest BCUT2D eigenvalue weighted by Crippen LogP contribution is 2.37. The Kier molecular flexibility index (Phi) is 3.24. The monoisotopic (exact) mass is 253 g/mol. The predicted octanol–water partition coefficient (Wildman–Crippen LogP) is 3.30. The minimum absolute atomic E-state index is 0.715. The van der Waals surface area contributed by atoms with Gasteiger partial charge in [-0.05, 0) is 43.9 Å². The third kappa shape index (κ3) is 2.01. The molecule has 0 spiro atoms. The topological polar surface area (TPSA) is 12.0 Å². The van der Waals surface area contributed by atoms with Gasteiger partial charge >= 0.3 is 0 Å². The number of benzene rings is 1. The molecule has 76 valence electrons. The van der Waals surface area contributed by atoms with Crippen molar-refractivity contribution in [2.75, 3.05) is 7.05 Å². The van der Waals surface area contributed by atoms with Gasteiger partial charge in [0.25, 0.3) is 0 Å². The van der Waals surface area contributed by atoms with Gasteiger partial charge in [0.05, 0.1) is 0 Å². The maximum Gasteiger partial charge on any atom is 0.0210 e. The van der Waals surface area contributed by atoms with E-state index >= 15 is 0 Å². The molecule has 1 fully saturated rings. The summed E-state index contributed by atoms with van der Waals surface area (Å²) in [6.45, 7) is 0. The minimum Gasteiger partial charge on any atom is -0.317 e. The summed E-state index contributed by atoms with van der Waals surface area (Å²) in [6, 6.07) is 9.31. The van der Waals surface area contributed by atoms with Crippen molar-refractivity contribution >= 4 is 15.9 Å². The van der Waals surface area contributed by atoms with Crippen molar-refractivity contribution in [3.8, 4) is 0 Å². The standard InChI is InChI=1S/C12H16BrN/c1-14-10-7-6-9(8-10)11-4-2-3-5-12(11)13/h2-5,9-10,14H,6-8H2,1H3. The summed E-state index contributed by atoms with van der Waals surface area (Å²) in [5, 5.41) is 3.37. The Morgan fingerprint density at radius 3 is 2.71 bits per heavy atom. The van der Waals surface area contributed by atoms with Crippen LogP contribution in [-0.4, -0.2) is 13.1 Å². The van der Waals surface area contributed by atoms with Crippen molar-refractivity contribution in [3.05, 3.63) is 34.3 Å². The number of hydrogen-bond acceptors (Lipinski definition) is 1. The molecule has 0 aromatic heterocycles. The fourth-order valence-corrected chi connectivity index (χ4v) is 2.94. The zero-order valence-electron chi connectivity index (χ0n) is 8.46. The van der Waals surface area contributed by atoms with Gasteiger partial charge in [-0.1, -0.05) is 34.1 Å². The molecule has 0 aliphatic heterocycles. The first-order valence-corrected chi connectivity index (χ1v) is 6.02. The zero-order chi connectivity index (χ0) is 9.97. The van der Waals surface area contributed by atoms with E-state index in [0.29, 0.717) is 6.04 Å². The Morgan fingerprint density at radius 1 is 1.29 bits per heavy atom. The lowest BCUT2D eigenvalue weighted by Gasteiger charge is -2.12. The van der Waals surface area contributed by atoms with Crippen molar-refractivity contribution < 1.29 is 0 Å². The average molecular weight is 254 g/mol. The van der Waals surface area contributed by atoms with Crippen molar-refractivity contribution in [1.82, 2.24) is 5.32 Å². The zero-order valence-corrected chi connectivity index (χ0v) is 10.0. The molecule has 1 aromatic carbocycles. The summed E-state index contributed by atoms with van der Waals surface area (Å²) in [5.74, 6) is 0.739. The number of halogens is 1. The van der Waals surface area contributed by atoms with Crippen LogP contribution in [0.3, 0.4) is 0 Å². The van der Waals surface area contributed by atoms with Gasteiger partial charge in [-0.3, -0.25) is 0 Å². The molecule has 2 rings (SSSR count). The Labute approximate surface area is 94.0 Å². The molecule has 0 heterocycles. The number of nitrogens with one attached hydrogen (secondary N) is 1. The van der Waals surface area contributed by atoms with Crippen LogP contribution in [-0.2, 0) is 0 Å². The van der Waals surface area contributed by atoms with E-state index in [-0.39, 0.29) is 0 Å². The Morgan fingerprint density at radius 2 is 2.07 bits per heavy atom. The smallest absolute Gasteiger partial charge is 0.0210 e. The second kappa shape index (κ2) is 4.45. The van der Waals surface area contributed by atoms with Gasteiger partial charge in [-0.15, -0.1) is 0 Å². The van der Waals surface area contributed by atoms with Gasteiger partial charge in [0.15, 0.2) is 0 Å². The van der Waals surface area contributed by atoms with Crippen molar-refractivity contribution in [2.45, 2.75) is 31.2 Å². The molecule has 0 amide bonds. The molecule has 1 aliphatic carbocycles. The fraction of sp³-hybridized carbons (Fsp3) is 0.500. The summed E-state index contributed by atoms with van der Waals surface area (Å²) in [7, 11) is 2.06. The summed E-state index contributed by atoms with van der Waals surface area (Å²) in [5.41, 5.74) is 1.48. The molecule has 2 unspecified atom stereocenters. The van der Waals surface area contributed by atoms with Gasteiger partial charge in [-0.25, -0.2) is 0 Å². The van der Waals surface area contributed by atoms with E-state index in [0.717, 1.165) is 5.92 Å². The van der Waals surface area contributed by atoms with Crippen LogP contribution in [0.5, 0.6) is 0 Å². The van der Waals surface area contributed by atoms with Crippen molar-refractivity contribution in [2.24, 2.45) is 0 Å². The molecule has 1 aliphatic rings. The molecular formula is C12H16BrN. The Bertz CT molecular complexity index is 311. The first-order chi connectivity index (χ1) is 6.81. The highest BCUT2D eigenvalue weighted by Gasteiger charge is 2.25. The van der Waals surface area contributed by atoms with Gasteiger partial charge in [0.1, 0.15) is 0 Å². The van der Waals surface area contributed by atoms with Gasteiger partial charge in [-0.2, -0.15) is 0 Å². The van der Waals surface area contributed by atoms with E-state index < -0.39 is 0 Å². The molecule has 1 aromatic rings. The van der Waals surface area contributed by atoms with Gasteiger partial charge < -0.3 is 5.32 Å². The molecule has 2 atom stereocenters. The highest BCUT2D eigenvalue weighted by molar-refractivity contribution is 9.10. The van der Waals surface area contributed by atoms with E-state index in [2.05, 4.69) is 52.6 Å². The lowest BCUT2D eigenvalue weighted by molar-refractivity contribution is 0.571. The van der Waals surface area contributed by atoms with E-state index in [4.69, 9.17) is 0 Å². The minimum atomic E-state index is 0.715. The quantitative estimate of drug-likeness (QED) is 0.853. The van der Waals surface area contributed by atoms with Crippen LogP contribution < -0.4 is 5.32 Å². The fourth-order valence-electron chi connectivity index (χ4n) is 2.33. The lowest BCUT2D eigenvalue weighted by atomic mass is 9.98. The lowest BCUT2D eigenvalue weighted by Crippen LogP contribution is -2.21. The first-order valence-electron chi connectivity index (χ1n) is 5.23. The van der Waals surface area contributed by atoms with Gasteiger partial charge in [0.2, 0.25) is 0 Å². The van der Waals surface area contributed by atoms with Crippen molar-refractivity contribution in [3.63, 3.8) is 0 Å². The molecule has 0 saturated heterocycles. The highest BCUT2D eigenvalue weighted by atomic mass is 79.9. The Balaban J connectivity index is 2.13. The van der Waals surface area contributed by atoms with Crippen LogP contribution >= 0.6 is 15.9 Å². The maximum absolute atomic E-state index is 3.63. The summed E-state index contributed by atoms with van der Waals surface area (Å²) < 4.78 is 1.27. The van der Waals surface area contributed by atoms with Crippen LogP contribution in [0.1, 0.15) is 30.7 Å². The molecule has 1 saturated carbocycles. The largest absolute Gasteiger partial charge is 0.317 e. The number of rotatable bonds is 2. The third-order valence-corrected chi connectivity index (χ3v) is 3.91. The second-order valence-electron chi connectivity index (χ2n) is 4.02. The molecule has 1 N–H and O–H groups in total. The summed E-state index contributed by atoms with van der Waals surface area (Å²) in [4.78, 5) is 0. The first kappa shape index (κ1) is 10.2. The van der Waals surface area contributed by atoms with Crippen molar-refractivity contribution in [1.29, 1.82) is 0 Å². The van der Waals surface area contributed by atoms with Crippen LogP contribution in [0, 0.1) is 0 Å². The van der Waals surface area contributed by atoms with Crippen LogP contribution in [0.4, 0.5) is 0 Å². The second-order valence-corrected chi connectivity index (χ2v) is 4.87. The van der Waals surface area contributed by atoms with Crippen LogP contribution in [0.2, 0.25) is 0 Å².